The van der Waals surface area contributed by atoms with Crippen LogP contribution in [0.1, 0.15) is 10.4 Å². The maximum absolute atomic E-state index is 11.2. The highest BCUT2D eigenvalue weighted by Gasteiger charge is 2.18. The molecule has 0 amide bonds. The van der Waals surface area contributed by atoms with Gasteiger partial charge in [0.25, 0.3) is 0 Å². The minimum absolute atomic E-state index is 0.126. The first kappa shape index (κ1) is 13.3. The molecule has 1 aromatic heterocycles. The summed E-state index contributed by atoms with van der Waals surface area (Å²) in [5.41, 5.74) is 0.126. The van der Waals surface area contributed by atoms with Crippen LogP contribution in [0, 0.1) is 0 Å². The van der Waals surface area contributed by atoms with E-state index in [0.717, 1.165) is 0 Å². The molecule has 3 heterocycles. The fourth-order valence-electron chi connectivity index (χ4n) is 2.27. The van der Waals surface area contributed by atoms with Crippen LogP contribution in [0.25, 0.3) is 0 Å². The molecule has 0 radical (unpaired) electrons. The van der Waals surface area contributed by atoms with Gasteiger partial charge in [-0.25, -0.2) is 4.98 Å². The third-order valence-corrected chi connectivity index (χ3v) is 3.38. The maximum Gasteiger partial charge on any atom is 0.137 e. The number of pyridine rings is 1. The van der Waals surface area contributed by atoms with Crippen LogP contribution in [0.2, 0.25) is 0 Å². The number of carboxylic acid groups (broad SMARTS) is 1. The Morgan fingerprint density at radius 1 is 1.00 bits per heavy atom. The molecule has 0 saturated heterocycles. The van der Waals surface area contributed by atoms with Crippen LogP contribution in [0.15, 0.2) is 36.9 Å². The number of rotatable bonds is 3. The topological polar surface area (TPSA) is 66.0 Å². The molecule has 0 spiro atoms. The molecule has 2 aliphatic rings. The van der Waals surface area contributed by atoms with Crippen LogP contribution >= 0.6 is 0 Å². The Morgan fingerprint density at radius 3 is 1.81 bits per heavy atom. The van der Waals surface area contributed by atoms with Crippen LogP contribution in [0.5, 0.6) is 0 Å². The van der Waals surface area contributed by atoms with Crippen LogP contribution in [-0.4, -0.2) is 48.2 Å². The normalized spacial score (nSPS) is 17.2. The summed E-state index contributed by atoms with van der Waals surface area (Å²) in [6, 6.07) is 3.07. The van der Waals surface area contributed by atoms with Crippen molar-refractivity contribution < 1.29 is 9.90 Å². The molecule has 2 aliphatic heterocycles. The number of carboxylic acids is 1. The molecule has 0 saturated carbocycles. The molecule has 1 aromatic rings. The van der Waals surface area contributed by atoms with Crippen LogP contribution in [0.3, 0.4) is 0 Å². The Kier molecular flexibility index (Phi) is 3.17. The van der Waals surface area contributed by atoms with Gasteiger partial charge in [0, 0.05) is 44.5 Å². The van der Waals surface area contributed by atoms with Crippen molar-refractivity contribution in [3.8, 4) is 0 Å². The molecular weight excluding hydrogens is 270 g/mol. The van der Waals surface area contributed by atoms with E-state index in [2.05, 4.69) is 4.98 Å². The Balaban J connectivity index is 1.96. The molecule has 7 nitrogen and oxygen atoms in total. The molecule has 7 heteroatoms. The summed E-state index contributed by atoms with van der Waals surface area (Å²) in [7, 11) is 3.89. The summed E-state index contributed by atoms with van der Waals surface area (Å²) >= 11 is 0. The lowest BCUT2D eigenvalue weighted by atomic mass is 10.2. The predicted octanol–water partition coefficient (Wildman–Crippen LogP) is -0.194. The van der Waals surface area contributed by atoms with Gasteiger partial charge in [0.05, 0.1) is 19.3 Å². The molecule has 0 aromatic carbocycles. The predicted molar refractivity (Wildman–Crippen MR) is 77.1 cm³/mol. The van der Waals surface area contributed by atoms with E-state index in [1.165, 1.54) is 12.1 Å². The number of aromatic nitrogens is 1. The molecule has 0 N–H and O–H groups in total. The van der Waals surface area contributed by atoms with Gasteiger partial charge in [-0.3, -0.25) is 0 Å². The standard InChI is InChI=1S/C14H17N5O2/c1-16-3-5-18(9-16)12-7-11(14(20)21)8-13(15-12)19-6-4-17(2)10-19/h3-8H,9-10H2,1-2H3,(H,20,21)/p-1. The van der Waals surface area contributed by atoms with Crippen molar-refractivity contribution in [2.75, 3.05) is 37.2 Å². The van der Waals surface area contributed by atoms with Crippen molar-refractivity contribution in [1.82, 2.24) is 14.8 Å². The largest absolute Gasteiger partial charge is 0.545 e. The quantitative estimate of drug-likeness (QED) is 0.762. The third kappa shape index (κ3) is 2.62. The van der Waals surface area contributed by atoms with E-state index >= 15 is 0 Å². The second-order valence-corrected chi connectivity index (χ2v) is 5.19. The lowest BCUT2D eigenvalue weighted by Gasteiger charge is -2.22. The van der Waals surface area contributed by atoms with E-state index in [-0.39, 0.29) is 5.56 Å². The zero-order valence-electron chi connectivity index (χ0n) is 11.9. The Bertz CT molecular complexity index is 584. The van der Waals surface area contributed by atoms with Crippen LogP contribution in [0.4, 0.5) is 11.6 Å². The van der Waals surface area contributed by atoms with Gasteiger partial charge in [-0.15, -0.1) is 0 Å². The molecule has 21 heavy (non-hydrogen) atoms. The van der Waals surface area contributed by atoms with Crippen molar-refractivity contribution in [3.05, 3.63) is 42.5 Å². The first-order valence-corrected chi connectivity index (χ1v) is 6.57. The van der Waals surface area contributed by atoms with E-state index in [9.17, 15) is 9.90 Å². The summed E-state index contributed by atoms with van der Waals surface area (Å²) in [5, 5.41) is 11.2. The molecular formula is C14H16N5O2-. The van der Waals surface area contributed by atoms with Crippen molar-refractivity contribution in [3.63, 3.8) is 0 Å². The minimum atomic E-state index is -1.20. The fourth-order valence-corrected chi connectivity index (χ4v) is 2.27. The Labute approximate surface area is 123 Å². The maximum atomic E-state index is 11.2. The zero-order valence-corrected chi connectivity index (χ0v) is 11.9. The van der Waals surface area contributed by atoms with E-state index in [1.807, 2.05) is 58.5 Å². The summed E-state index contributed by atoms with van der Waals surface area (Å²) in [6.45, 7) is 1.28. The Hall–Kier alpha value is -2.70. The lowest BCUT2D eigenvalue weighted by Crippen LogP contribution is -2.28. The minimum Gasteiger partial charge on any atom is -0.545 e. The molecule has 0 fully saturated rings. The van der Waals surface area contributed by atoms with Gasteiger partial charge < -0.3 is 29.5 Å². The van der Waals surface area contributed by atoms with Gasteiger partial charge in [-0.2, -0.15) is 0 Å². The van der Waals surface area contributed by atoms with E-state index < -0.39 is 5.97 Å². The monoisotopic (exact) mass is 286 g/mol. The SMILES string of the molecule is CN1C=CN(c2cc(C(=O)[O-])cc(N3C=CN(C)C3)n2)C1. The molecule has 110 valence electrons. The van der Waals surface area contributed by atoms with Crippen molar-refractivity contribution >= 4 is 17.6 Å². The number of aromatic carboxylic acids is 1. The van der Waals surface area contributed by atoms with Crippen molar-refractivity contribution in [1.29, 1.82) is 0 Å². The number of anilines is 2. The van der Waals surface area contributed by atoms with Gasteiger partial charge in [0.15, 0.2) is 0 Å². The van der Waals surface area contributed by atoms with Crippen LogP contribution in [-0.2, 0) is 0 Å². The molecule has 3 rings (SSSR count). The van der Waals surface area contributed by atoms with Crippen molar-refractivity contribution in [2.24, 2.45) is 0 Å². The van der Waals surface area contributed by atoms with E-state index in [4.69, 9.17) is 0 Å². The van der Waals surface area contributed by atoms with Crippen LogP contribution < -0.4 is 14.9 Å². The highest BCUT2D eigenvalue weighted by Crippen LogP contribution is 2.24. The molecule has 0 aliphatic carbocycles. The number of carbonyl (C=O) groups excluding carboxylic acids is 1. The Morgan fingerprint density at radius 2 is 1.48 bits per heavy atom. The van der Waals surface area contributed by atoms with Gasteiger partial charge in [0.2, 0.25) is 0 Å². The molecule has 0 bridgehead atoms. The first-order chi connectivity index (χ1) is 10.0. The summed E-state index contributed by atoms with van der Waals surface area (Å²) in [6.07, 6.45) is 7.57. The second-order valence-electron chi connectivity index (χ2n) is 5.19. The third-order valence-electron chi connectivity index (χ3n) is 3.38. The molecule has 0 atom stereocenters. The highest BCUT2D eigenvalue weighted by molar-refractivity contribution is 5.88. The average Bonchev–Trinajstić information content (AvgIpc) is 3.07. The second kappa shape index (κ2) is 5.01. The summed E-state index contributed by atoms with van der Waals surface area (Å²) in [4.78, 5) is 23.5. The van der Waals surface area contributed by atoms with Gasteiger partial charge in [0.1, 0.15) is 11.6 Å². The average molecular weight is 286 g/mol. The highest BCUT2D eigenvalue weighted by atomic mass is 16.4. The summed E-state index contributed by atoms with van der Waals surface area (Å²) < 4.78 is 0. The lowest BCUT2D eigenvalue weighted by molar-refractivity contribution is -0.255. The summed E-state index contributed by atoms with van der Waals surface area (Å²) in [5.74, 6) is -0.0153. The molecule has 0 unspecified atom stereocenters. The van der Waals surface area contributed by atoms with E-state index in [0.29, 0.717) is 25.0 Å². The van der Waals surface area contributed by atoms with Gasteiger partial charge >= 0.3 is 0 Å². The first-order valence-electron chi connectivity index (χ1n) is 6.57. The zero-order chi connectivity index (χ0) is 15.0. The van der Waals surface area contributed by atoms with E-state index in [1.54, 1.807) is 0 Å². The smallest absolute Gasteiger partial charge is 0.137 e. The number of nitrogens with zero attached hydrogens (tertiary/aromatic N) is 5. The van der Waals surface area contributed by atoms with Gasteiger partial charge in [-0.1, -0.05) is 0 Å². The number of carbonyl (C=O) groups is 1. The van der Waals surface area contributed by atoms with Crippen molar-refractivity contribution in [2.45, 2.75) is 0 Å². The fraction of sp³-hybridized carbons (Fsp3) is 0.286. The number of hydrogen-bond acceptors (Lipinski definition) is 7. The van der Waals surface area contributed by atoms with Gasteiger partial charge in [-0.05, 0) is 12.1 Å². The number of hydrogen-bond donors (Lipinski definition) is 0.